The van der Waals surface area contributed by atoms with E-state index in [1.165, 1.54) is 6.42 Å². The van der Waals surface area contributed by atoms with Crippen LogP contribution in [-0.4, -0.2) is 11.1 Å². The summed E-state index contributed by atoms with van der Waals surface area (Å²) in [6.07, 6.45) is 5.55. The Morgan fingerprint density at radius 1 is 1.07 bits per heavy atom. The predicted octanol–water partition coefficient (Wildman–Crippen LogP) is 0.733. The van der Waals surface area contributed by atoms with Crippen LogP contribution in [0, 0.1) is 0 Å². The highest BCUT2D eigenvalue weighted by molar-refractivity contribution is 5.61. The van der Waals surface area contributed by atoms with Crippen LogP contribution in [0.2, 0.25) is 0 Å². The van der Waals surface area contributed by atoms with Crippen LogP contribution >= 0.6 is 0 Å². The minimum Gasteiger partial charge on any atom is -0.502 e. The number of hydrogen-bond acceptors (Lipinski definition) is 4. The Morgan fingerprint density at radius 3 is 2.29 bits per heavy atom. The second-order valence-corrected chi connectivity index (χ2v) is 3.86. The number of rotatable bonds is 2. The largest absolute Gasteiger partial charge is 0.502 e. The second kappa shape index (κ2) is 3.44. The van der Waals surface area contributed by atoms with E-state index in [1.807, 2.05) is 0 Å². The highest BCUT2D eigenvalue weighted by Gasteiger charge is 2.23. The molecule has 0 saturated heterocycles. The van der Waals surface area contributed by atoms with Crippen molar-refractivity contribution in [3.63, 3.8) is 0 Å². The van der Waals surface area contributed by atoms with Crippen LogP contribution in [0.15, 0.2) is 9.59 Å². The predicted molar refractivity (Wildman–Crippen MR) is 53.5 cm³/mol. The van der Waals surface area contributed by atoms with Crippen LogP contribution in [0.1, 0.15) is 32.1 Å². The molecule has 76 valence electrons. The van der Waals surface area contributed by atoms with Crippen molar-refractivity contribution in [2.75, 3.05) is 5.32 Å². The van der Waals surface area contributed by atoms with Gasteiger partial charge in [0, 0.05) is 6.04 Å². The number of nitrogens with one attached hydrogen (secondary N) is 1. The summed E-state index contributed by atoms with van der Waals surface area (Å²) < 4.78 is 0. The third-order valence-electron chi connectivity index (χ3n) is 2.84. The zero-order valence-corrected chi connectivity index (χ0v) is 7.88. The van der Waals surface area contributed by atoms with E-state index in [2.05, 4.69) is 5.32 Å². The van der Waals surface area contributed by atoms with Crippen molar-refractivity contribution in [2.45, 2.75) is 38.1 Å². The lowest BCUT2D eigenvalue weighted by Gasteiger charge is -2.24. The Bertz CT molecular complexity index is 397. The number of hydrogen-bond donors (Lipinski definition) is 2. The fourth-order valence-electron chi connectivity index (χ4n) is 1.96. The van der Waals surface area contributed by atoms with Gasteiger partial charge < -0.3 is 10.4 Å². The molecule has 0 aromatic heterocycles. The van der Waals surface area contributed by atoms with E-state index in [0.29, 0.717) is 0 Å². The summed E-state index contributed by atoms with van der Waals surface area (Å²) in [5.74, 6) is -0.388. The molecule has 0 spiro atoms. The minimum atomic E-state index is -0.761. The summed E-state index contributed by atoms with van der Waals surface area (Å²) in [7, 11) is 0. The zero-order chi connectivity index (χ0) is 10.1. The maximum Gasteiger partial charge on any atom is 0.271 e. The van der Waals surface area contributed by atoms with Crippen LogP contribution in [0.25, 0.3) is 0 Å². The monoisotopic (exact) mass is 195 g/mol. The molecule has 0 unspecified atom stereocenters. The van der Waals surface area contributed by atoms with Crippen molar-refractivity contribution in [2.24, 2.45) is 0 Å². The maximum atomic E-state index is 11.0. The molecular formula is C10H13NO3. The van der Waals surface area contributed by atoms with Crippen LogP contribution in [0.5, 0.6) is 5.75 Å². The van der Waals surface area contributed by atoms with Gasteiger partial charge in [0.05, 0.1) is 0 Å². The Kier molecular flexibility index (Phi) is 2.27. The van der Waals surface area contributed by atoms with Gasteiger partial charge in [-0.25, -0.2) is 0 Å². The molecule has 1 saturated carbocycles. The van der Waals surface area contributed by atoms with Crippen molar-refractivity contribution in [3.8, 4) is 5.75 Å². The summed E-state index contributed by atoms with van der Waals surface area (Å²) >= 11 is 0. The number of anilines is 1. The number of aromatic hydroxyl groups is 1. The van der Waals surface area contributed by atoms with Gasteiger partial charge in [-0.2, -0.15) is 0 Å². The van der Waals surface area contributed by atoms with Gasteiger partial charge in [0.2, 0.25) is 0 Å². The van der Waals surface area contributed by atoms with Crippen LogP contribution in [0.3, 0.4) is 0 Å². The molecule has 4 nitrogen and oxygen atoms in total. The van der Waals surface area contributed by atoms with E-state index in [4.69, 9.17) is 5.11 Å². The summed E-state index contributed by atoms with van der Waals surface area (Å²) in [5, 5.41) is 12.1. The molecule has 14 heavy (non-hydrogen) atoms. The standard InChI is InChI=1S/C10H13NO3/c12-8-7(9(13)10(8)14)11-6-4-2-1-3-5-6/h6,11-12H,1-5H2. The lowest BCUT2D eigenvalue weighted by Crippen LogP contribution is -2.36. The van der Waals surface area contributed by atoms with Gasteiger partial charge in [-0.1, -0.05) is 19.3 Å². The lowest BCUT2D eigenvalue weighted by molar-refractivity contribution is 0.446. The van der Waals surface area contributed by atoms with Crippen molar-refractivity contribution in [3.05, 3.63) is 20.4 Å². The van der Waals surface area contributed by atoms with Crippen molar-refractivity contribution in [1.82, 2.24) is 0 Å². The van der Waals surface area contributed by atoms with E-state index in [1.54, 1.807) is 0 Å². The Balaban J connectivity index is 2.04. The molecule has 0 aliphatic heterocycles. The van der Waals surface area contributed by atoms with E-state index in [-0.39, 0.29) is 17.5 Å². The van der Waals surface area contributed by atoms with E-state index in [9.17, 15) is 9.59 Å². The van der Waals surface area contributed by atoms with E-state index >= 15 is 0 Å². The molecule has 1 aromatic rings. The highest BCUT2D eigenvalue weighted by Crippen LogP contribution is 2.23. The smallest absolute Gasteiger partial charge is 0.271 e. The molecule has 1 fully saturated rings. The summed E-state index contributed by atoms with van der Waals surface area (Å²) in [4.78, 5) is 21.7. The molecule has 0 atom stereocenters. The molecular weight excluding hydrogens is 182 g/mol. The molecule has 1 aromatic carbocycles. The summed E-state index contributed by atoms with van der Waals surface area (Å²) in [6.45, 7) is 0. The molecule has 1 aliphatic carbocycles. The zero-order valence-electron chi connectivity index (χ0n) is 7.88. The Morgan fingerprint density at radius 2 is 1.71 bits per heavy atom. The molecule has 2 rings (SSSR count). The van der Waals surface area contributed by atoms with Gasteiger partial charge in [0.1, 0.15) is 5.69 Å². The summed E-state index contributed by atoms with van der Waals surface area (Å²) in [5.41, 5.74) is -1.21. The van der Waals surface area contributed by atoms with Crippen LogP contribution in [-0.2, 0) is 0 Å². The molecule has 2 N–H and O–H groups in total. The molecule has 0 bridgehead atoms. The minimum absolute atomic E-state index is 0.127. The van der Waals surface area contributed by atoms with Gasteiger partial charge in [0.25, 0.3) is 10.9 Å². The first kappa shape index (κ1) is 9.24. The van der Waals surface area contributed by atoms with Gasteiger partial charge in [0.15, 0.2) is 5.75 Å². The molecule has 0 amide bonds. The van der Waals surface area contributed by atoms with Crippen LogP contribution in [0.4, 0.5) is 5.69 Å². The van der Waals surface area contributed by atoms with Gasteiger partial charge in [-0.15, -0.1) is 0 Å². The van der Waals surface area contributed by atoms with Crippen molar-refractivity contribution < 1.29 is 5.11 Å². The van der Waals surface area contributed by atoms with Gasteiger partial charge >= 0.3 is 0 Å². The maximum absolute atomic E-state index is 11.0. The fourth-order valence-corrected chi connectivity index (χ4v) is 1.96. The highest BCUT2D eigenvalue weighted by atomic mass is 16.3. The first-order valence-electron chi connectivity index (χ1n) is 4.99. The lowest BCUT2D eigenvalue weighted by atomic mass is 9.95. The SMILES string of the molecule is O=c1c(O)c(NC2CCCCC2)c1=O. The average molecular weight is 195 g/mol. The molecule has 0 heterocycles. The van der Waals surface area contributed by atoms with Crippen molar-refractivity contribution in [1.29, 1.82) is 0 Å². The van der Waals surface area contributed by atoms with Crippen LogP contribution < -0.4 is 16.2 Å². The topological polar surface area (TPSA) is 66.4 Å². The molecule has 0 radical (unpaired) electrons. The van der Waals surface area contributed by atoms with E-state index in [0.717, 1.165) is 25.7 Å². The van der Waals surface area contributed by atoms with Gasteiger partial charge in [-0.05, 0) is 12.8 Å². The average Bonchev–Trinajstić information content (AvgIpc) is 2.26. The normalized spacial score (nSPS) is 18.6. The summed E-state index contributed by atoms with van der Waals surface area (Å²) in [6, 6.07) is 0.248. The Hall–Kier alpha value is -1.32. The molecule has 1 aliphatic rings. The van der Waals surface area contributed by atoms with Crippen molar-refractivity contribution >= 4 is 5.69 Å². The third kappa shape index (κ3) is 1.41. The third-order valence-corrected chi connectivity index (χ3v) is 2.84. The second-order valence-electron chi connectivity index (χ2n) is 3.86. The van der Waals surface area contributed by atoms with E-state index < -0.39 is 10.9 Å². The first-order chi connectivity index (χ1) is 6.70. The fraction of sp³-hybridized carbons (Fsp3) is 0.600. The van der Waals surface area contributed by atoms with Gasteiger partial charge in [-0.3, -0.25) is 9.59 Å². The molecule has 4 heteroatoms. The first-order valence-corrected chi connectivity index (χ1v) is 4.99. The quantitative estimate of drug-likeness (QED) is 0.683. The Labute approximate surface area is 81.3 Å².